The lowest BCUT2D eigenvalue weighted by Gasteiger charge is -2.10. The zero-order valence-electron chi connectivity index (χ0n) is 12.7. The molecule has 3 heteroatoms. The summed E-state index contributed by atoms with van der Waals surface area (Å²) in [6, 6.07) is 6.21. The minimum atomic E-state index is 0.327. The van der Waals surface area contributed by atoms with E-state index in [0.717, 1.165) is 31.9 Å². The maximum atomic E-state index is 5.69. The first-order chi connectivity index (χ1) is 9.09. The van der Waals surface area contributed by atoms with Gasteiger partial charge in [0.15, 0.2) is 0 Å². The largest absolute Gasteiger partial charge is 0.492 e. The third-order valence-corrected chi connectivity index (χ3v) is 2.98. The van der Waals surface area contributed by atoms with Gasteiger partial charge in [0.1, 0.15) is 12.4 Å². The van der Waals surface area contributed by atoms with Gasteiger partial charge in [-0.05, 0) is 63.9 Å². The van der Waals surface area contributed by atoms with Crippen LogP contribution in [0.4, 0.5) is 0 Å². The molecule has 0 amide bonds. The first kappa shape index (κ1) is 16.0. The van der Waals surface area contributed by atoms with Crippen molar-refractivity contribution in [3.05, 3.63) is 29.3 Å². The number of aryl methyl sites for hydroxylation is 2. The van der Waals surface area contributed by atoms with E-state index in [0.29, 0.717) is 12.7 Å². The molecule has 1 aromatic rings. The van der Waals surface area contributed by atoms with Crippen LogP contribution in [0, 0.1) is 13.8 Å². The summed E-state index contributed by atoms with van der Waals surface area (Å²) in [6.07, 6.45) is 1.37. The maximum absolute atomic E-state index is 5.69. The lowest BCUT2D eigenvalue weighted by molar-refractivity contribution is 0.0770. The number of nitrogens with one attached hydrogen (secondary N) is 1. The molecule has 0 aliphatic heterocycles. The standard InChI is InChI=1S/C16H27NO2/c1-13(2)18-10-5-8-17-9-11-19-16-7-6-14(3)15(4)12-16/h6-7,12-13,17H,5,8-11H2,1-4H3. The van der Waals surface area contributed by atoms with Crippen molar-refractivity contribution in [2.45, 2.75) is 40.2 Å². The summed E-state index contributed by atoms with van der Waals surface area (Å²) in [7, 11) is 0. The van der Waals surface area contributed by atoms with E-state index in [1.165, 1.54) is 11.1 Å². The van der Waals surface area contributed by atoms with E-state index < -0.39 is 0 Å². The molecule has 0 spiro atoms. The molecule has 0 atom stereocenters. The summed E-state index contributed by atoms with van der Waals surface area (Å²) in [6.45, 7) is 11.7. The third kappa shape index (κ3) is 7.19. The topological polar surface area (TPSA) is 30.5 Å². The van der Waals surface area contributed by atoms with Gasteiger partial charge < -0.3 is 14.8 Å². The highest BCUT2D eigenvalue weighted by Gasteiger charge is 1.97. The molecule has 3 nitrogen and oxygen atoms in total. The Labute approximate surface area is 117 Å². The fourth-order valence-corrected chi connectivity index (χ4v) is 1.69. The van der Waals surface area contributed by atoms with E-state index in [1.54, 1.807) is 0 Å². The quantitative estimate of drug-likeness (QED) is 0.696. The van der Waals surface area contributed by atoms with Gasteiger partial charge in [-0.15, -0.1) is 0 Å². The van der Waals surface area contributed by atoms with Crippen molar-refractivity contribution >= 4 is 0 Å². The van der Waals surface area contributed by atoms with Crippen molar-refractivity contribution in [1.82, 2.24) is 5.32 Å². The normalized spacial score (nSPS) is 11.0. The molecule has 108 valence electrons. The number of hydrogen-bond acceptors (Lipinski definition) is 3. The van der Waals surface area contributed by atoms with Crippen molar-refractivity contribution in [2.75, 3.05) is 26.3 Å². The Balaban J connectivity index is 2.03. The molecule has 0 aliphatic carbocycles. The van der Waals surface area contributed by atoms with E-state index in [4.69, 9.17) is 9.47 Å². The average Bonchev–Trinajstić information content (AvgIpc) is 2.36. The molecule has 1 rings (SSSR count). The van der Waals surface area contributed by atoms with Crippen LogP contribution in [0.1, 0.15) is 31.4 Å². The summed E-state index contributed by atoms with van der Waals surface area (Å²) in [5.41, 5.74) is 2.58. The molecule has 0 fully saturated rings. The highest BCUT2D eigenvalue weighted by Crippen LogP contribution is 2.15. The summed E-state index contributed by atoms with van der Waals surface area (Å²) < 4.78 is 11.2. The Morgan fingerprint density at radius 3 is 2.53 bits per heavy atom. The van der Waals surface area contributed by atoms with Gasteiger partial charge in [0.05, 0.1) is 6.10 Å². The molecular weight excluding hydrogens is 238 g/mol. The summed E-state index contributed by atoms with van der Waals surface area (Å²) >= 11 is 0. The molecule has 0 radical (unpaired) electrons. The number of rotatable bonds is 9. The molecule has 0 heterocycles. The van der Waals surface area contributed by atoms with Gasteiger partial charge >= 0.3 is 0 Å². The van der Waals surface area contributed by atoms with Crippen LogP contribution in [0.15, 0.2) is 18.2 Å². The fourth-order valence-electron chi connectivity index (χ4n) is 1.69. The fraction of sp³-hybridized carbons (Fsp3) is 0.625. The Bertz CT molecular complexity index is 364. The Kier molecular flexibility index (Phi) is 7.53. The van der Waals surface area contributed by atoms with Gasteiger partial charge in [0, 0.05) is 13.2 Å². The van der Waals surface area contributed by atoms with Crippen LogP contribution in [0.3, 0.4) is 0 Å². The summed E-state index contributed by atoms with van der Waals surface area (Å²) in [4.78, 5) is 0. The lowest BCUT2D eigenvalue weighted by Crippen LogP contribution is -2.23. The molecule has 0 aromatic heterocycles. The molecule has 0 saturated carbocycles. The Morgan fingerprint density at radius 1 is 1.05 bits per heavy atom. The van der Waals surface area contributed by atoms with Crippen LogP contribution >= 0.6 is 0 Å². The molecule has 0 bridgehead atoms. The third-order valence-electron chi connectivity index (χ3n) is 2.98. The van der Waals surface area contributed by atoms with E-state index in [2.05, 4.69) is 45.1 Å². The molecular formula is C16H27NO2. The van der Waals surface area contributed by atoms with E-state index in [-0.39, 0.29) is 0 Å². The zero-order chi connectivity index (χ0) is 14.1. The van der Waals surface area contributed by atoms with Crippen molar-refractivity contribution in [2.24, 2.45) is 0 Å². The van der Waals surface area contributed by atoms with Gasteiger partial charge in [0.2, 0.25) is 0 Å². The molecule has 1 N–H and O–H groups in total. The second-order valence-corrected chi connectivity index (χ2v) is 5.12. The average molecular weight is 265 g/mol. The monoisotopic (exact) mass is 265 g/mol. The molecule has 0 unspecified atom stereocenters. The SMILES string of the molecule is Cc1ccc(OCCNCCCOC(C)C)cc1C. The minimum absolute atomic E-state index is 0.327. The zero-order valence-corrected chi connectivity index (χ0v) is 12.7. The van der Waals surface area contributed by atoms with E-state index in [9.17, 15) is 0 Å². The highest BCUT2D eigenvalue weighted by atomic mass is 16.5. The number of hydrogen-bond donors (Lipinski definition) is 1. The van der Waals surface area contributed by atoms with Crippen molar-refractivity contribution < 1.29 is 9.47 Å². The van der Waals surface area contributed by atoms with Crippen molar-refractivity contribution in [1.29, 1.82) is 0 Å². The second kappa shape index (κ2) is 8.94. The Hall–Kier alpha value is -1.06. The van der Waals surface area contributed by atoms with Crippen molar-refractivity contribution in [3.63, 3.8) is 0 Å². The highest BCUT2D eigenvalue weighted by molar-refractivity contribution is 5.33. The summed E-state index contributed by atoms with van der Waals surface area (Å²) in [5.74, 6) is 0.952. The van der Waals surface area contributed by atoms with Gasteiger partial charge in [-0.3, -0.25) is 0 Å². The molecule has 19 heavy (non-hydrogen) atoms. The van der Waals surface area contributed by atoms with Gasteiger partial charge in [-0.1, -0.05) is 6.07 Å². The first-order valence-corrected chi connectivity index (χ1v) is 7.12. The molecule has 0 aliphatic rings. The Morgan fingerprint density at radius 2 is 1.84 bits per heavy atom. The van der Waals surface area contributed by atoms with Gasteiger partial charge in [-0.2, -0.15) is 0 Å². The first-order valence-electron chi connectivity index (χ1n) is 7.12. The summed E-state index contributed by atoms with van der Waals surface area (Å²) in [5, 5.41) is 3.35. The van der Waals surface area contributed by atoms with Crippen LogP contribution in [0.25, 0.3) is 0 Å². The van der Waals surface area contributed by atoms with Gasteiger partial charge in [0.25, 0.3) is 0 Å². The van der Waals surface area contributed by atoms with E-state index in [1.807, 2.05) is 6.07 Å². The molecule has 1 aromatic carbocycles. The van der Waals surface area contributed by atoms with Crippen LogP contribution in [0.5, 0.6) is 5.75 Å². The van der Waals surface area contributed by atoms with Gasteiger partial charge in [-0.25, -0.2) is 0 Å². The van der Waals surface area contributed by atoms with Crippen LogP contribution in [-0.2, 0) is 4.74 Å². The predicted molar refractivity (Wildman–Crippen MR) is 80.0 cm³/mol. The van der Waals surface area contributed by atoms with Crippen molar-refractivity contribution in [3.8, 4) is 5.75 Å². The second-order valence-electron chi connectivity index (χ2n) is 5.12. The predicted octanol–water partition coefficient (Wildman–Crippen LogP) is 3.09. The number of benzene rings is 1. The number of ether oxygens (including phenoxy) is 2. The van der Waals surface area contributed by atoms with Crippen LogP contribution in [0.2, 0.25) is 0 Å². The van der Waals surface area contributed by atoms with Crippen LogP contribution < -0.4 is 10.1 Å². The van der Waals surface area contributed by atoms with E-state index >= 15 is 0 Å². The lowest BCUT2D eigenvalue weighted by atomic mass is 10.1. The molecule has 0 saturated heterocycles. The maximum Gasteiger partial charge on any atom is 0.119 e. The smallest absolute Gasteiger partial charge is 0.119 e. The van der Waals surface area contributed by atoms with Crippen LogP contribution in [-0.4, -0.2) is 32.4 Å². The minimum Gasteiger partial charge on any atom is -0.492 e.